The molecule has 1 aliphatic heterocycles. The van der Waals surface area contributed by atoms with Crippen molar-refractivity contribution >= 4 is 12.3 Å². The molecule has 0 amide bonds. The zero-order chi connectivity index (χ0) is 10.5. The molecule has 1 heterocycles. The molecule has 0 unspecified atom stereocenters. The zero-order valence-electron chi connectivity index (χ0n) is 8.47. The number of benzene rings is 1. The Labute approximate surface area is 88.8 Å². The summed E-state index contributed by atoms with van der Waals surface area (Å²) >= 11 is 0. The average molecular weight is 200 g/mol. The van der Waals surface area contributed by atoms with Crippen LogP contribution in [0, 0.1) is 0 Å². The number of ether oxygens (including phenoxy) is 1. The van der Waals surface area contributed by atoms with Crippen molar-refractivity contribution in [3.05, 3.63) is 47.9 Å². The Kier molecular flexibility index (Phi) is 2.83. The summed E-state index contributed by atoms with van der Waals surface area (Å²) in [6, 6.07) is 7.87. The molecule has 3 heteroatoms. The van der Waals surface area contributed by atoms with E-state index in [-0.39, 0.29) is 0 Å². The lowest BCUT2D eigenvalue weighted by Crippen LogP contribution is -2.08. The number of allylic oxidation sites excluding steroid dienone is 1. The Hall–Kier alpha value is -2.03. The number of nitrogens with one attached hydrogen (secondary N) is 1. The molecule has 1 N–H and O–H groups in total. The molecule has 0 aliphatic carbocycles. The molecule has 1 aliphatic rings. The normalized spacial score (nSPS) is 16.5. The van der Waals surface area contributed by atoms with Gasteiger partial charge in [0.15, 0.2) is 0 Å². The van der Waals surface area contributed by atoms with Gasteiger partial charge in [-0.3, -0.25) is 4.99 Å². The van der Waals surface area contributed by atoms with Gasteiger partial charge in [-0.2, -0.15) is 0 Å². The molecule has 1 aromatic carbocycles. The van der Waals surface area contributed by atoms with Crippen LogP contribution in [0.3, 0.4) is 0 Å². The molecule has 2 rings (SSSR count). The predicted molar refractivity (Wildman–Crippen MR) is 61.7 cm³/mol. The van der Waals surface area contributed by atoms with Crippen molar-refractivity contribution in [1.82, 2.24) is 5.32 Å². The van der Waals surface area contributed by atoms with Gasteiger partial charge in [0.05, 0.1) is 19.0 Å². The molecule has 15 heavy (non-hydrogen) atoms. The van der Waals surface area contributed by atoms with Crippen LogP contribution in [0.15, 0.2) is 47.4 Å². The van der Waals surface area contributed by atoms with Crippen molar-refractivity contribution in [2.24, 2.45) is 4.99 Å². The maximum Gasteiger partial charge on any atom is 0.119 e. The quantitative estimate of drug-likeness (QED) is 0.793. The number of hydrogen-bond donors (Lipinski definition) is 1. The number of hydrogen-bond acceptors (Lipinski definition) is 3. The lowest BCUT2D eigenvalue weighted by molar-refractivity contribution is 0.414. The molecule has 3 nitrogen and oxygen atoms in total. The van der Waals surface area contributed by atoms with Gasteiger partial charge in [-0.15, -0.1) is 0 Å². The van der Waals surface area contributed by atoms with E-state index in [1.165, 1.54) is 0 Å². The van der Waals surface area contributed by atoms with Crippen molar-refractivity contribution in [3.8, 4) is 5.75 Å². The van der Waals surface area contributed by atoms with E-state index in [4.69, 9.17) is 4.74 Å². The highest BCUT2D eigenvalue weighted by atomic mass is 16.5. The Morgan fingerprint density at radius 3 is 3.07 bits per heavy atom. The fraction of sp³-hybridized carbons (Fsp3) is 0.0833. The number of aliphatic imine (C=N–C) groups is 1. The second kappa shape index (κ2) is 4.46. The van der Waals surface area contributed by atoms with Crippen molar-refractivity contribution < 1.29 is 4.74 Å². The summed E-state index contributed by atoms with van der Waals surface area (Å²) < 4.78 is 5.15. The summed E-state index contributed by atoms with van der Waals surface area (Å²) in [4.78, 5) is 4.03. The summed E-state index contributed by atoms with van der Waals surface area (Å²) in [6.45, 7) is 0. The van der Waals surface area contributed by atoms with Crippen LogP contribution in [0.1, 0.15) is 5.56 Å². The fourth-order valence-electron chi connectivity index (χ4n) is 1.33. The standard InChI is InChI=1S/C12H12N2O/c1-15-12-4-2-3-10(8-12)7-11-9-13-5-6-14-11/h2-9,14H,1H3. The van der Waals surface area contributed by atoms with Crippen molar-refractivity contribution in [3.63, 3.8) is 0 Å². The summed E-state index contributed by atoms with van der Waals surface area (Å²) in [5.41, 5.74) is 2.05. The molecule has 0 atom stereocenters. The first-order valence-electron chi connectivity index (χ1n) is 4.69. The van der Waals surface area contributed by atoms with E-state index < -0.39 is 0 Å². The van der Waals surface area contributed by atoms with Gasteiger partial charge < -0.3 is 10.1 Å². The molecular weight excluding hydrogens is 188 g/mol. The summed E-state index contributed by atoms with van der Waals surface area (Å²) in [6.07, 6.45) is 7.30. The summed E-state index contributed by atoms with van der Waals surface area (Å²) in [7, 11) is 1.66. The monoisotopic (exact) mass is 200 g/mol. The Morgan fingerprint density at radius 2 is 2.33 bits per heavy atom. The van der Waals surface area contributed by atoms with Crippen LogP contribution in [-0.2, 0) is 0 Å². The number of methoxy groups -OCH3 is 1. The van der Waals surface area contributed by atoms with Crippen LogP contribution in [-0.4, -0.2) is 13.3 Å². The van der Waals surface area contributed by atoms with Gasteiger partial charge in [-0.05, 0) is 23.8 Å². The van der Waals surface area contributed by atoms with E-state index in [0.29, 0.717) is 0 Å². The molecule has 1 aromatic rings. The summed E-state index contributed by atoms with van der Waals surface area (Å²) in [5.74, 6) is 0.854. The van der Waals surface area contributed by atoms with Crippen LogP contribution in [0.5, 0.6) is 5.75 Å². The molecule has 0 fully saturated rings. The fourth-order valence-corrected chi connectivity index (χ4v) is 1.33. The van der Waals surface area contributed by atoms with Gasteiger partial charge in [0, 0.05) is 12.4 Å². The maximum atomic E-state index is 5.15. The van der Waals surface area contributed by atoms with Crippen molar-refractivity contribution in [2.75, 3.05) is 7.11 Å². The topological polar surface area (TPSA) is 33.6 Å². The molecule has 0 spiro atoms. The van der Waals surface area contributed by atoms with Gasteiger partial charge in [-0.25, -0.2) is 0 Å². The maximum absolute atomic E-state index is 5.15. The van der Waals surface area contributed by atoms with Gasteiger partial charge in [0.2, 0.25) is 0 Å². The lowest BCUT2D eigenvalue weighted by atomic mass is 10.2. The van der Waals surface area contributed by atoms with E-state index >= 15 is 0 Å². The van der Waals surface area contributed by atoms with Crippen LogP contribution in [0.25, 0.3) is 6.08 Å². The SMILES string of the molecule is COc1cccc(C=C2C=NC=CN2)c1. The smallest absolute Gasteiger partial charge is 0.119 e. The van der Waals surface area contributed by atoms with E-state index in [9.17, 15) is 0 Å². The second-order valence-corrected chi connectivity index (χ2v) is 3.11. The van der Waals surface area contributed by atoms with Crippen LogP contribution >= 0.6 is 0 Å². The first kappa shape index (κ1) is 9.52. The average Bonchev–Trinajstić information content (AvgIpc) is 2.31. The first-order chi connectivity index (χ1) is 7.38. The lowest BCUT2D eigenvalue weighted by Gasteiger charge is -2.05. The third-order valence-electron chi connectivity index (χ3n) is 2.04. The molecule has 0 radical (unpaired) electrons. The zero-order valence-corrected chi connectivity index (χ0v) is 8.47. The largest absolute Gasteiger partial charge is 0.497 e. The molecule has 0 saturated carbocycles. The molecule has 0 saturated heterocycles. The third-order valence-corrected chi connectivity index (χ3v) is 2.04. The Morgan fingerprint density at radius 1 is 1.40 bits per heavy atom. The van der Waals surface area contributed by atoms with Gasteiger partial charge in [0.25, 0.3) is 0 Å². The minimum absolute atomic E-state index is 0.854. The van der Waals surface area contributed by atoms with E-state index in [2.05, 4.69) is 10.3 Å². The van der Waals surface area contributed by atoms with Crippen LogP contribution in [0.2, 0.25) is 0 Å². The van der Waals surface area contributed by atoms with Gasteiger partial charge in [-0.1, -0.05) is 12.1 Å². The highest BCUT2D eigenvalue weighted by Gasteiger charge is 1.96. The van der Waals surface area contributed by atoms with Crippen molar-refractivity contribution in [1.29, 1.82) is 0 Å². The molecular formula is C12H12N2O. The van der Waals surface area contributed by atoms with Crippen molar-refractivity contribution in [2.45, 2.75) is 0 Å². The predicted octanol–water partition coefficient (Wildman–Crippen LogP) is 2.18. The third kappa shape index (κ3) is 2.47. The highest BCUT2D eigenvalue weighted by Crippen LogP contribution is 2.14. The van der Waals surface area contributed by atoms with Gasteiger partial charge in [0.1, 0.15) is 5.75 Å². The minimum Gasteiger partial charge on any atom is -0.497 e. The van der Waals surface area contributed by atoms with E-state index in [0.717, 1.165) is 17.0 Å². The molecule has 0 bridgehead atoms. The molecule has 0 aromatic heterocycles. The second-order valence-electron chi connectivity index (χ2n) is 3.11. The van der Waals surface area contributed by atoms with Crippen LogP contribution < -0.4 is 10.1 Å². The van der Waals surface area contributed by atoms with E-state index in [1.54, 1.807) is 25.7 Å². The number of rotatable bonds is 2. The van der Waals surface area contributed by atoms with Gasteiger partial charge >= 0.3 is 0 Å². The summed E-state index contributed by atoms with van der Waals surface area (Å²) in [5, 5.41) is 3.10. The highest BCUT2D eigenvalue weighted by molar-refractivity contribution is 5.86. The number of nitrogens with zero attached hydrogens (tertiary/aromatic N) is 1. The minimum atomic E-state index is 0.854. The molecule has 76 valence electrons. The van der Waals surface area contributed by atoms with E-state index in [1.807, 2.05) is 30.3 Å². The Bertz CT molecular complexity index is 433. The van der Waals surface area contributed by atoms with Crippen LogP contribution in [0.4, 0.5) is 0 Å². The Balaban J connectivity index is 2.23. The first-order valence-corrected chi connectivity index (χ1v) is 4.69.